The Hall–Kier alpha value is -0.810. The molecule has 5 heteroatoms. The number of unbranched alkanes of at least 4 members (excludes halogenated alkanes) is 2. The summed E-state index contributed by atoms with van der Waals surface area (Å²) in [6.45, 7) is 20.5. The Labute approximate surface area is 137 Å². The maximum absolute atomic E-state index is 8.33. The highest BCUT2D eigenvalue weighted by atomic mass is 16.6. The van der Waals surface area contributed by atoms with Gasteiger partial charge in [0.2, 0.25) is 0 Å². The molecule has 0 spiro atoms. The third-order valence-corrected chi connectivity index (χ3v) is 2.63. The number of carbonyl (C=O) groups is 1. The monoisotopic (exact) mass is 320 g/mol. The standard InChI is InChI=1S/2C8H19N.CH2O3/c2*1-5-6-7-9-8(2,3)4;2-1(3)4/h2*9H,5-7H2,1-4H3;(H2,2,3,4). The second-order valence-corrected chi connectivity index (χ2v) is 7.67. The van der Waals surface area contributed by atoms with Gasteiger partial charge in [0.25, 0.3) is 0 Å². The highest BCUT2D eigenvalue weighted by molar-refractivity contribution is 5.47. The molecule has 0 saturated heterocycles. The van der Waals surface area contributed by atoms with Gasteiger partial charge in [-0.2, -0.15) is 0 Å². The molecule has 0 amide bonds. The fourth-order valence-corrected chi connectivity index (χ4v) is 1.48. The molecule has 0 aromatic carbocycles. The Balaban J connectivity index is -0.000000266. The van der Waals surface area contributed by atoms with Crippen molar-refractivity contribution >= 4 is 6.16 Å². The van der Waals surface area contributed by atoms with Crippen molar-refractivity contribution < 1.29 is 25.6 Å². The van der Waals surface area contributed by atoms with Crippen molar-refractivity contribution in [2.75, 3.05) is 13.1 Å². The summed E-state index contributed by atoms with van der Waals surface area (Å²) >= 11 is 0. The lowest BCUT2D eigenvalue weighted by Gasteiger charge is -2.16. The first kappa shape index (κ1) is 26.1. The van der Waals surface area contributed by atoms with Gasteiger partial charge in [0.1, 0.15) is 0 Å². The second-order valence-electron chi connectivity index (χ2n) is 7.67. The third kappa shape index (κ3) is 50.7. The molecule has 0 saturated carbocycles. The largest absolute Gasteiger partial charge is 0.652 e. The zero-order valence-corrected chi connectivity index (χ0v) is 16.1. The molecule has 5 nitrogen and oxygen atoms in total. The Morgan fingerprint density at radius 1 is 0.773 bits per heavy atom. The number of carbonyl (C=O) groups excluding carboxylic acids is 1. The van der Waals surface area contributed by atoms with Crippen LogP contribution in [0.2, 0.25) is 0 Å². The highest BCUT2D eigenvalue weighted by Gasteiger charge is 2.11. The van der Waals surface area contributed by atoms with Crippen molar-refractivity contribution in [2.24, 2.45) is 0 Å². The van der Waals surface area contributed by atoms with Gasteiger partial charge in [-0.1, -0.05) is 26.7 Å². The molecule has 0 radical (unpaired) electrons. The molecule has 0 aromatic rings. The zero-order valence-electron chi connectivity index (χ0n) is 16.1. The number of carboxylic acid groups (broad SMARTS) is 2. The van der Waals surface area contributed by atoms with Gasteiger partial charge in [-0.25, -0.2) is 0 Å². The summed E-state index contributed by atoms with van der Waals surface area (Å²) in [5, 5.41) is 21.5. The Kier molecular flexibility index (Phi) is 17.9. The predicted octanol–water partition coefficient (Wildman–Crippen LogP) is -0.150. The van der Waals surface area contributed by atoms with Gasteiger partial charge in [-0.15, -0.1) is 0 Å². The van der Waals surface area contributed by atoms with Crippen LogP contribution in [0.4, 0.5) is 4.79 Å². The zero-order chi connectivity index (χ0) is 18.2. The van der Waals surface area contributed by atoms with E-state index in [9.17, 15) is 0 Å². The fourth-order valence-electron chi connectivity index (χ4n) is 1.48. The highest BCUT2D eigenvalue weighted by Crippen LogP contribution is 1.89. The lowest BCUT2D eigenvalue weighted by molar-refractivity contribution is -0.717. The minimum absolute atomic E-state index is 0.426. The molecule has 4 N–H and O–H groups in total. The van der Waals surface area contributed by atoms with E-state index in [1.165, 1.54) is 38.8 Å². The minimum Gasteiger partial charge on any atom is -0.652 e. The first-order valence-corrected chi connectivity index (χ1v) is 8.42. The van der Waals surface area contributed by atoms with Crippen molar-refractivity contribution in [3.8, 4) is 0 Å². The molecule has 0 atom stereocenters. The van der Waals surface area contributed by atoms with Gasteiger partial charge in [0.05, 0.1) is 24.2 Å². The molecule has 0 bridgehead atoms. The van der Waals surface area contributed by atoms with Crippen molar-refractivity contribution in [2.45, 2.75) is 92.2 Å². The van der Waals surface area contributed by atoms with E-state index in [2.05, 4.69) is 66.0 Å². The summed E-state index contributed by atoms with van der Waals surface area (Å²) in [6.07, 6.45) is 2.98. The SMILES string of the molecule is CCCC[NH2+]C(C)(C)C.CCCC[NH2+]C(C)(C)C.O=C([O-])[O-]. The van der Waals surface area contributed by atoms with E-state index in [4.69, 9.17) is 15.0 Å². The van der Waals surface area contributed by atoms with Gasteiger partial charge in [-0.05, 0) is 60.5 Å². The summed E-state index contributed by atoms with van der Waals surface area (Å²) in [5.74, 6) is 0. The predicted molar refractivity (Wildman–Crippen MR) is 88.3 cm³/mol. The maximum atomic E-state index is 8.33. The van der Waals surface area contributed by atoms with E-state index >= 15 is 0 Å². The van der Waals surface area contributed by atoms with Crippen LogP contribution in [0.25, 0.3) is 0 Å². The molecule has 0 aromatic heterocycles. The van der Waals surface area contributed by atoms with E-state index in [0.29, 0.717) is 11.1 Å². The maximum Gasteiger partial charge on any atom is 0.0876 e. The molecule has 0 rings (SSSR count). The molecule has 0 fully saturated rings. The summed E-state index contributed by atoms with van der Waals surface area (Å²) in [6, 6.07) is 0. The van der Waals surface area contributed by atoms with E-state index in [-0.39, 0.29) is 0 Å². The lowest BCUT2D eigenvalue weighted by Crippen LogP contribution is -2.94. The smallest absolute Gasteiger partial charge is 0.0876 e. The molecule has 22 heavy (non-hydrogen) atoms. The molecule has 136 valence electrons. The van der Waals surface area contributed by atoms with Crippen LogP contribution in [0, 0.1) is 0 Å². The molecule has 0 unspecified atom stereocenters. The van der Waals surface area contributed by atoms with E-state index in [0.717, 1.165) is 0 Å². The quantitative estimate of drug-likeness (QED) is 0.666. The summed E-state index contributed by atoms with van der Waals surface area (Å²) in [4.78, 5) is 8.33. The van der Waals surface area contributed by atoms with Gasteiger partial charge < -0.3 is 25.6 Å². The lowest BCUT2D eigenvalue weighted by atomic mass is 10.1. The summed E-state index contributed by atoms with van der Waals surface area (Å²) < 4.78 is 0. The summed E-state index contributed by atoms with van der Waals surface area (Å²) in [5.41, 5.74) is 0.852. The summed E-state index contributed by atoms with van der Waals surface area (Å²) in [7, 11) is 0. The van der Waals surface area contributed by atoms with Crippen LogP contribution in [0.3, 0.4) is 0 Å². The Morgan fingerprint density at radius 2 is 1.00 bits per heavy atom. The number of quaternary nitrogens is 2. The van der Waals surface area contributed by atoms with Crippen LogP contribution in [0.15, 0.2) is 0 Å². The number of hydrogen-bond acceptors (Lipinski definition) is 3. The topological polar surface area (TPSA) is 96.4 Å². The van der Waals surface area contributed by atoms with Crippen molar-refractivity contribution in [1.29, 1.82) is 0 Å². The van der Waals surface area contributed by atoms with E-state index in [1.54, 1.807) is 0 Å². The molecular formula is C17H40N2O3. The number of rotatable bonds is 6. The van der Waals surface area contributed by atoms with Crippen molar-refractivity contribution in [3.05, 3.63) is 0 Å². The Morgan fingerprint density at radius 3 is 1.14 bits per heavy atom. The van der Waals surface area contributed by atoms with Crippen LogP contribution in [0.1, 0.15) is 81.1 Å². The van der Waals surface area contributed by atoms with Gasteiger partial charge in [0.15, 0.2) is 0 Å². The average molecular weight is 321 g/mol. The molecule has 0 aliphatic carbocycles. The third-order valence-electron chi connectivity index (χ3n) is 2.63. The second kappa shape index (κ2) is 15.1. The van der Waals surface area contributed by atoms with Gasteiger partial charge in [0, 0.05) is 0 Å². The van der Waals surface area contributed by atoms with Crippen molar-refractivity contribution in [3.63, 3.8) is 0 Å². The van der Waals surface area contributed by atoms with E-state index < -0.39 is 6.16 Å². The Bertz CT molecular complexity index is 219. The van der Waals surface area contributed by atoms with Crippen LogP contribution >= 0.6 is 0 Å². The van der Waals surface area contributed by atoms with Crippen LogP contribution in [-0.4, -0.2) is 30.3 Å². The van der Waals surface area contributed by atoms with E-state index in [1.807, 2.05) is 0 Å². The number of hydrogen-bond donors (Lipinski definition) is 2. The molecule has 0 aliphatic rings. The average Bonchev–Trinajstić information content (AvgIpc) is 2.26. The van der Waals surface area contributed by atoms with Gasteiger partial charge in [-0.3, -0.25) is 0 Å². The van der Waals surface area contributed by atoms with Crippen LogP contribution in [0.5, 0.6) is 0 Å². The number of nitrogens with two attached hydrogens (primary N) is 2. The van der Waals surface area contributed by atoms with Crippen molar-refractivity contribution in [1.82, 2.24) is 0 Å². The van der Waals surface area contributed by atoms with Crippen LogP contribution in [-0.2, 0) is 0 Å². The van der Waals surface area contributed by atoms with Gasteiger partial charge >= 0.3 is 0 Å². The fraction of sp³-hybridized carbons (Fsp3) is 0.941. The molecular weight excluding hydrogens is 280 g/mol. The first-order valence-electron chi connectivity index (χ1n) is 8.42. The normalized spacial score (nSPS) is 10.9. The minimum atomic E-state index is -2.33. The first-order chi connectivity index (χ1) is 9.85. The molecule has 0 aliphatic heterocycles. The molecule has 0 heterocycles. The van der Waals surface area contributed by atoms with Crippen LogP contribution < -0.4 is 20.8 Å².